The van der Waals surface area contributed by atoms with Gasteiger partial charge in [0.15, 0.2) is 11.5 Å². The van der Waals surface area contributed by atoms with Crippen LogP contribution in [0.25, 0.3) is 0 Å². The number of methoxy groups -OCH3 is 1. The molecule has 1 aromatic carbocycles. The topological polar surface area (TPSA) is 30.5 Å². The fourth-order valence-corrected chi connectivity index (χ4v) is 0.934. The minimum Gasteiger partial charge on any atom is -0.493 e. The highest BCUT2D eigenvalue weighted by Gasteiger charge is 2.00. The number of benzene rings is 1. The zero-order valence-corrected chi connectivity index (χ0v) is 8.04. The molecule has 0 unspecified atom stereocenters. The summed E-state index contributed by atoms with van der Waals surface area (Å²) in [4.78, 5) is 5.29. The molecule has 0 aliphatic heterocycles. The molecule has 1 aromatic rings. The third-order valence-corrected chi connectivity index (χ3v) is 1.60. The van der Waals surface area contributed by atoms with E-state index < -0.39 is 0 Å². The summed E-state index contributed by atoms with van der Waals surface area (Å²) >= 11 is 0. The van der Waals surface area contributed by atoms with Crippen molar-refractivity contribution in [2.75, 3.05) is 13.7 Å². The number of nitrogens with one attached hydrogen (secondary N) is 1. The Labute approximate surface area is 78.6 Å². The maximum atomic E-state index is 5.29. The van der Waals surface area contributed by atoms with E-state index in [0.29, 0.717) is 0 Å². The molecule has 3 nitrogen and oxygen atoms in total. The van der Waals surface area contributed by atoms with Crippen molar-refractivity contribution in [2.24, 2.45) is 0 Å². The lowest BCUT2D eigenvalue weighted by molar-refractivity contribution is 0.187. The molecule has 3 heteroatoms. The number of hydroxylamine groups is 1. The van der Waals surface area contributed by atoms with Gasteiger partial charge in [-0.05, 0) is 18.6 Å². The summed E-state index contributed by atoms with van der Waals surface area (Å²) in [6.07, 6.45) is 1.04. The lowest BCUT2D eigenvalue weighted by Gasteiger charge is -2.09. The maximum absolute atomic E-state index is 5.29. The van der Waals surface area contributed by atoms with E-state index in [9.17, 15) is 0 Å². The monoisotopic (exact) mass is 181 g/mol. The number of hydrogen-bond donors (Lipinski definition) is 1. The normalized spacial score (nSPS) is 9.69. The lowest BCUT2D eigenvalue weighted by atomic mass is 10.3. The van der Waals surface area contributed by atoms with Gasteiger partial charge in [0.2, 0.25) is 0 Å². The van der Waals surface area contributed by atoms with Crippen LogP contribution in [0.15, 0.2) is 24.3 Å². The minimum atomic E-state index is 0.721. The molecule has 0 saturated heterocycles. The van der Waals surface area contributed by atoms with Gasteiger partial charge in [0.05, 0.1) is 7.11 Å². The predicted octanol–water partition coefficient (Wildman–Crippen LogP) is 1.99. The van der Waals surface area contributed by atoms with Crippen molar-refractivity contribution in [1.29, 1.82) is 0 Å². The van der Waals surface area contributed by atoms with E-state index in [1.54, 1.807) is 7.11 Å². The smallest absolute Gasteiger partial charge is 0.188 e. The second-order valence-electron chi connectivity index (χ2n) is 2.65. The van der Waals surface area contributed by atoms with Gasteiger partial charge in [-0.15, -0.1) is 0 Å². The van der Waals surface area contributed by atoms with Gasteiger partial charge in [0, 0.05) is 6.54 Å². The average molecular weight is 181 g/mol. The van der Waals surface area contributed by atoms with Gasteiger partial charge in [-0.25, -0.2) is 0 Å². The minimum absolute atomic E-state index is 0.721. The molecule has 0 saturated carbocycles. The second-order valence-corrected chi connectivity index (χ2v) is 2.65. The SMILES string of the molecule is CCCNOc1ccccc1OC. The third kappa shape index (κ3) is 2.95. The summed E-state index contributed by atoms with van der Waals surface area (Å²) in [6.45, 7) is 2.91. The third-order valence-electron chi connectivity index (χ3n) is 1.60. The quantitative estimate of drug-likeness (QED) is 0.556. The Morgan fingerprint density at radius 2 is 1.92 bits per heavy atom. The van der Waals surface area contributed by atoms with Crippen LogP contribution in [-0.2, 0) is 0 Å². The van der Waals surface area contributed by atoms with Crippen LogP contribution in [0.5, 0.6) is 11.5 Å². The molecule has 72 valence electrons. The van der Waals surface area contributed by atoms with Crippen molar-refractivity contribution in [3.8, 4) is 11.5 Å². The van der Waals surface area contributed by atoms with Gasteiger partial charge in [0.25, 0.3) is 0 Å². The second kappa shape index (κ2) is 5.43. The molecule has 1 rings (SSSR count). The molecule has 0 fully saturated rings. The molecule has 0 radical (unpaired) electrons. The first-order chi connectivity index (χ1) is 6.38. The Kier molecular flexibility index (Phi) is 4.12. The number of ether oxygens (including phenoxy) is 1. The molecular formula is C10H15NO2. The zero-order valence-electron chi connectivity index (χ0n) is 8.04. The molecular weight excluding hydrogens is 166 g/mol. The Morgan fingerprint density at radius 3 is 2.54 bits per heavy atom. The molecule has 0 aliphatic carbocycles. The zero-order chi connectivity index (χ0) is 9.52. The Morgan fingerprint density at radius 1 is 1.23 bits per heavy atom. The van der Waals surface area contributed by atoms with Crippen molar-refractivity contribution >= 4 is 0 Å². The number of para-hydroxylation sites is 2. The van der Waals surface area contributed by atoms with Crippen LogP contribution in [0.4, 0.5) is 0 Å². The van der Waals surface area contributed by atoms with E-state index in [-0.39, 0.29) is 0 Å². The molecule has 0 atom stereocenters. The van der Waals surface area contributed by atoms with Crippen molar-refractivity contribution in [3.05, 3.63) is 24.3 Å². The first-order valence-electron chi connectivity index (χ1n) is 4.41. The van der Waals surface area contributed by atoms with Crippen LogP contribution in [0.3, 0.4) is 0 Å². The lowest BCUT2D eigenvalue weighted by Crippen LogP contribution is -2.19. The summed E-state index contributed by atoms with van der Waals surface area (Å²) < 4.78 is 5.11. The van der Waals surface area contributed by atoms with Crippen LogP contribution in [0, 0.1) is 0 Å². The van der Waals surface area contributed by atoms with Crippen LogP contribution in [0.2, 0.25) is 0 Å². The fourth-order valence-electron chi connectivity index (χ4n) is 0.934. The van der Waals surface area contributed by atoms with Gasteiger partial charge in [-0.2, -0.15) is 5.48 Å². The van der Waals surface area contributed by atoms with Gasteiger partial charge >= 0.3 is 0 Å². The molecule has 0 bridgehead atoms. The Bertz CT molecular complexity index is 250. The van der Waals surface area contributed by atoms with E-state index in [2.05, 4.69) is 12.4 Å². The van der Waals surface area contributed by atoms with E-state index in [1.807, 2.05) is 24.3 Å². The number of rotatable bonds is 5. The highest BCUT2D eigenvalue weighted by atomic mass is 16.7. The molecule has 0 aromatic heterocycles. The van der Waals surface area contributed by atoms with Gasteiger partial charge in [-0.3, -0.25) is 0 Å². The highest BCUT2D eigenvalue weighted by Crippen LogP contribution is 2.24. The van der Waals surface area contributed by atoms with Crippen molar-refractivity contribution in [2.45, 2.75) is 13.3 Å². The van der Waals surface area contributed by atoms with Gasteiger partial charge < -0.3 is 9.57 Å². The predicted molar refractivity (Wildman–Crippen MR) is 51.9 cm³/mol. The summed E-state index contributed by atoms with van der Waals surface area (Å²) in [7, 11) is 1.63. The van der Waals surface area contributed by atoms with Crippen LogP contribution < -0.4 is 15.1 Å². The summed E-state index contributed by atoms with van der Waals surface area (Å²) in [5.41, 5.74) is 2.85. The van der Waals surface area contributed by atoms with Crippen molar-refractivity contribution in [3.63, 3.8) is 0 Å². The summed E-state index contributed by atoms with van der Waals surface area (Å²) in [5, 5.41) is 0. The van der Waals surface area contributed by atoms with E-state index in [1.165, 1.54) is 0 Å². The summed E-state index contributed by atoms with van der Waals surface area (Å²) in [5.74, 6) is 1.46. The van der Waals surface area contributed by atoms with Crippen LogP contribution in [-0.4, -0.2) is 13.7 Å². The van der Waals surface area contributed by atoms with Crippen molar-refractivity contribution < 1.29 is 9.57 Å². The summed E-state index contributed by atoms with van der Waals surface area (Å²) in [6, 6.07) is 7.54. The van der Waals surface area contributed by atoms with Crippen LogP contribution >= 0.6 is 0 Å². The van der Waals surface area contributed by atoms with Gasteiger partial charge in [-0.1, -0.05) is 19.1 Å². The molecule has 0 aliphatic rings. The standard InChI is InChI=1S/C10H15NO2/c1-3-8-11-13-10-7-5-4-6-9(10)12-2/h4-7,11H,3,8H2,1-2H3. The Balaban J connectivity index is 2.54. The molecule has 0 amide bonds. The highest BCUT2D eigenvalue weighted by molar-refractivity contribution is 5.38. The van der Waals surface area contributed by atoms with Crippen LogP contribution in [0.1, 0.15) is 13.3 Å². The first-order valence-corrected chi connectivity index (χ1v) is 4.41. The van der Waals surface area contributed by atoms with E-state index in [0.717, 1.165) is 24.5 Å². The van der Waals surface area contributed by atoms with Crippen molar-refractivity contribution in [1.82, 2.24) is 5.48 Å². The largest absolute Gasteiger partial charge is 0.493 e. The first kappa shape index (κ1) is 9.86. The van der Waals surface area contributed by atoms with E-state index >= 15 is 0 Å². The maximum Gasteiger partial charge on any atom is 0.188 e. The average Bonchev–Trinajstić information content (AvgIpc) is 2.19. The molecule has 0 heterocycles. The Hall–Kier alpha value is -1.22. The molecule has 0 spiro atoms. The van der Waals surface area contributed by atoms with Gasteiger partial charge in [0.1, 0.15) is 0 Å². The molecule has 13 heavy (non-hydrogen) atoms. The number of hydrogen-bond acceptors (Lipinski definition) is 3. The fraction of sp³-hybridized carbons (Fsp3) is 0.400. The molecule has 1 N–H and O–H groups in total. The van der Waals surface area contributed by atoms with E-state index in [4.69, 9.17) is 9.57 Å².